The minimum atomic E-state index is 0.208. The number of rotatable bonds is 1. The van der Waals surface area contributed by atoms with Crippen molar-refractivity contribution in [1.82, 2.24) is 0 Å². The van der Waals surface area contributed by atoms with Crippen LogP contribution in [-0.2, 0) is 0 Å². The molecular formula is C9H7BrS2. The minimum Gasteiger partial charge on any atom is -0.0622 e. The summed E-state index contributed by atoms with van der Waals surface area (Å²) in [5, 5.41) is 4.45. The molecule has 0 aromatic heterocycles. The van der Waals surface area contributed by atoms with E-state index in [9.17, 15) is 0 Å². The lowest BCUT2D eigenvalue weighted by molar-refractivity contribution is 1.65. The molecule has 0 saturated carbocycles. The Labute approximate surface area is 85.6 Å². The van der Waals surface area contributed by atoms with E-state index in [0.717, 1.165) is 0 Å². The van der Waals surface area contributed by atoms with Gasteiger partial charge in [-0.05, 0) is 36.7 Å². The molecule has 0 N–H and O–H groups in total. The third-order valence-corrected chi connectivity index (χ3v) is 5.63. The Balaban J connectivity index is 2.34. The number of hydrogen-bond donors (Lipinski definition) is 0. The van der Waals surface area contributed by atoms with Gasteiger partial charge in [0.15, 0.2) is 0 Å². The maximum absolute atomic E-state index is 3.56. The molecule has 0 aliphatic carbocycles. The molecular weight excluding hydrogens is 252 g/mol. The van der Waals surface area contributed by atoms with Gasteiger partial charge in [-0.25, -0.2) is 0 Å². The van der Waals surface area contributed by atoms with Gasteiger partial charge >= 0.3 is 0 Å². The molecule has 1 atom stereocenters. The van der Waals surface area contributed by atoms with Crippen LogP contribution in [0.3, 0.4) is 0 Å². The van der Waals surface area contributed by atoms with E-state index in [1.807, 2.05) is 16.9 Å². The molecule has 0 amide bonds. The van der Waals surface area contributed by atoms with Crippen molar-refractivity contribution in [2.24, 2.45) is 0 Å². The third kappa shape index (κ3) is 1.84. The largest absolute Gasteiger partial charge is 0.0622 e. The predicted molar refractivity (Wildman–Crippen MR) is 64.6 cm³/mol. The van der Waals surface area contributed by atoms with Crippen molar-refractivity contribution in [3.8, 4) is 0 Å². The van der Waals surface area contributed by atoms with Crippen LogP contribution in [0.2, 0.25) is 0 Å². The van der Waals surface area contributed by atoms with Gasteiger partial charge in [0.1, 0.15) is 0 Å². The van der Waals surface area contributed by atoms with Gasteiger partial charge in [-0.15, -0.1) is 0 Å². The number of allylic oxidation sites excluding steroid dienone is 1. The molecule has 12 heavy (non-hydrogen) atoms. The zero-order valence-electron chi connectivity index (χ0n) is 6.24. The number of halogens is 1. The summed E-state index contributed by atoms with van der Waals surface area (Å²) in [5.74, 6) is 0. The lowest BCUT2D eigenvalue weighted by Crippen LogP contribution is -1.79. The van der Waals surface area contributed by atoms with Gasteiger partial charge in [-0.2, -0.15) is 0 Å². The van der Waals surface area contributed by atoms with E-state index in [2.05, 4.69) is 49.9 Å². The molecule has 1 aliphatic rings. The van der Waals surface area contributed by atoms with Crippen LogP contribution in [0.4, 0.5) is 0 Å². The lowest BCUT2D eigenvalue weighted by Gasteiger charge is -1.95. The Hall–Kier alpha value is 0.01000. The third-order valence-electron chi connectivity index (χ3n) is 1.59. The molecule has 1 aromatic carbocycles. The average Bonchev–Trinajstić information content (AvgIpc) is 2.54. The summed E-state index contributed by atoms with van der Waals surface area (Å²) in [4.78, 5) is 0. The van der Waals surface area contributed by atoms with E-state index in [1.54, 1.807) is 0 Å². The van der Waals surface area contributed by atoms with Crippen LogP contribution in [0.25, 0.3) is 5.57 Å². The van der Waals surface area contributed by atoms with Gasteiger partial charge in [-0.3, -0.25) is 0 Å². The molecule has 1 heterocycles. The monoisotopic (exact) mass is 258 g/mol. The highest BCUT2D eigenvalue weighted by molar-refractivity contribution is 9.64. The van der Waals surface area contributed by atoms with E-state index in [-0.39, 0.29) is 7.95 Å². The van der Waals surface area contributed by atoms with Gasteiger partial charge in [0.2, 0.25) is 0 Å². The molecule has 1 aromatic rings. The molecule has 0 spiro atoms. The summed E-state index contributed by atoms with van der Waals surface area (Å²) in [6, 6.07) is 10.5. The first-order valence-electron chi connectivity index (χ1n) is 3.53. The van der Waals surface area contributed by atoms with Crippen molar-refractivity contribution in [3.05, 3.63) is 41.3 Å². The highest BCUT2D eigenvalue weighted by Gasteiger charge is 2.04. The second kappa shape index (κ2) is 3.81. The SMILES string of the molecule is BrS1=CC(c2ccccc2)=CS1. The second-order valence-electron chi connectivity index (χ2n) is 2.40. The maximum Gasteiger partial charge on any atom is -0.00405 e. The molecule has 0 saturated heterocycles. The summed E-state index contributed by atoms with van der Waals surface area (Å²) in [6.07, 6.45) is 0. The fraction of sp³-hybridized carbons (Fsp3) is 0. The Kier molecular flexibility index (Phi) is 2.73. The summed E-state index contributed by atoms with van der Waals surface area (Å²) < 4.78 is 0. The van der Waals surface area contributed by atoms with Crippen LogP contribution < -0.4 is 0 Å². The summed E-state index contributed by atoms with van der Waals surface area (Å²) >= 11 is 3.56. The van der Waals surface area contributed by atoms with E-state index in [4.69, 9.17) is 0 Å². The maximum atomic E-state index is 3.56. The van der Waals surface area contributed by atoms with Crippen LogP contribution in [-0.4, -0.2) is 5.37 Å². The molecule has 0 bridgehead atoms. The van der Waals surface area contributed by atoms with Crippen LogP contribution in [0.1, 0.15) is 5.56 Å². The predicted octanol–water partition coefficient (Wildman–Crippen LogP) is 4.07. The van der Waals surface area contributed by atoms with Crippen molar-refractivity contribution < 1.29 is 0 Å². The molecule has 3 heteroatoms. The van der Waals surface area contributed by atoms with Crippen LogP contribution >= 0.6 is 33.6 Å². The topological polar surface area (TPSA) is 0 Å². The van der Waals surface area contributed by atoms with Crippen LogP contribution in [0, 0.1) is 0 Å². The van der Waals surface area contributed by atoms with Crippen LogP contribution in [0.15, 0.2) is 35.7 Å². The minimum absolute atomic E-state index is 0.208. The van der Waals surface area contributed by atoms with Crippen molar-refractivity contribution >= 4 is 44.5 Å². The van der Waals surface area contributed by atoms with Crippen molar-refractivity contribution in [1.29, 1.82) is 0 Å². The Morgan fingerprint density at radius 2 is 1.92 bits per heavy atom. The van der Waals surface area contributed by atoms with Crippen molar-refractivity contribution in [3.63, 3.8) is 0 Å². The number of benzene rings is 1. The second-order valence-corrected chi connectivity index (χ2v) is 8.60. The summed E-state index contributed by atoms with van der Waals surface area (Å²) in [5.41, 5.74) is 2.64. The van der Waals surface area contributed by atoms with E-state index in [1.165, 1.54) is 11.1 Å². The molecule has 0 fully saturated rings. The van der Waals surface area contributed by atoms with Gasteiger partial charge in [-0.1, -0.05) is 49.1 Å². The highest BCUT2D eigenvalue weighted by Crippen LogP contribution is 2.45. The zero-order chi connectivity index (χ0) is 8.39. The summed E-state index contributed by atoms with van der Waals surface area (Å²) in [7, 11) is 2.04. The van der Waals surface area contributed by atoms with Gasteiger partial charge in [0.25, 0.3) is 0 Å². The van der Waals surface area contributed by atoms with Gasteiger partial charge < -0.3 is 0 Å². The van der Waals surface area contributed by atoms with Crippen molar-refractivity contribution in [2.75, 3.05) is 0 Å². The van der Waals surface area contributed by atoms with Crippen LogP contribution in [0.5, 0.6) is 0 Å². The average molecular weight is 259 g/mol. The fourth-order valence-corrected chi connectivity index (χ4v) is 4.32. The summed E-state index contributed by atoms with van der Waals surface area (Å²) in [6.45, 7) is 0. The van der Waals surface area contributed by atoms with E-state index in [0.29, 0.717) is 0 Å². The fourth-order valence-electron chi connectivity index (χ4n) is 1.02. The first kappa shape index (κ1) is 8.60. The van der Waals surface area contributed by atoms with Gasteiger partial charge in [0, 0.05) is 0 Å². The van der Waals surface area contributed by atoms with E-state index < -0.39 is 0 Å². The van der Waals surface area contributed by atoms with E-state index >= 15 is 0 Å². The zero-order valence-corrected chi connectivity index (χ0v) is 9.45. The molecule has 2 rings (SSSR count). The smallest absolute Gasteiger partial charge is 0.00405 e. The quantitative estimate of drug-likeness (QED) is 0.541. The molecule has 0 radical (unpaired) electrons. The lowest BCUT2D eigenvalue weighted by atomic mass is 10.1. The molecule has 1 unspecified atom stereocenters. The molecule has 62 valence electrons. The number of hydrogen-bond acceptors (Lipinski definition) is 1. The van der Waals surface area contributed by atoms with Crippen molar-refractivity contribution in [2.45, 2.75) is 0 Å². The Morgan fingerprint density at radius 1 is 1.17 bits per heavy atom. The highest BCUT2D eigenvalue weighted by atomic mass is 79.9. The molecule has 0 nitrogen and oxygen atoms in total. The Bertz CT molecular complexity index is 341. The standard InChI is InChI=1S/C9H7BrS2/c10-12-7-9(6-11-12)8-4-2-1-3-5-8/h1-7H. The Morgan fingerprint density at radius 3 is 2.50 bits per heavy atom. The first-order valence-corrected chi connectivity index (χ1v) is 8.06. The van der Waals surface area contributed by atoms with Gasteiger partial charge in [0.05, 0.1) is 0 Å². The molecule has 1 aliphatic heterocycles. The normalized spacial score (nSPS) is 21.8. The first-order chi connectivity index (χ1) is 5.86.